The molecule has 0 bridgehead atoms. The average Bonchev–Trinajstić information content (AvgIpc) is 3.33. The quantitative estimate of drug-likeness (QED) is 0.612. The lowest BCUT2D eigenvalue weighted by molar-refractivity contribution is 0.215. The first-order chi connectivity index (χ1) is 12.3. The fraction of sp³-hybridized carbons (Fsp3) is 0.421. The summed E-state index contributed by atoms with van der Waals surface area (Å²) in [4.78, 5) is 6.78. The molecule has 0 amide bonds. The average molecular weight is 361 g/mol. The van der Waals surface area contributed by atoms with Crippen LogP contribution in [0.3, 0.4) is 0 Å². The highest BCUT2D eigenvalue weighted by Gasteiger charge is 2.25. The Labute approximate surface area is 154 Å². The van der Waals surface area contributed by atoms with E-state index in [0.29, 0.717) is 6.54 Å². The zero-order chi connectivity index (χ0) is 17.5. The van der Waals surface area contributed by atoms with E-state index in [1.807, 2.05) is 36.4 Å². The second-order valence-corrected chi connectivity index (χ2v) is 6.58. The monoisotopic (exact) mass is 360 g/mol. The van der Waals surface area contributed by atoms with Gasteiger partial charge in [-0.3, -0.25) is 9.89 Å². The van der Waals surface area contributed by atoms with Gasteiger partial charge in [0, 0.05) is 25.2 Å². The van der Waals surface area contributed by atoms with Crippen LogP contribution in [0.1, 0.15) is 30.2 Å². The molecule has 1 saturated heterocycles. The van der Waals surface area contributed by atoms with Crippen LogP contribution in [0.4, 0.5) is 0 Å². The molecule has 3 rings (SSSR count). The third kappa shape index (κ3) is 4.77. The first-order valence-corrected chi connectivity index (χ1v) is 9.11. The van der Waals surface area contributed by atoms with Gasteiger partial charge in [0.25, 0.3) is 0 Å². The van der Waals surface area contributed by atoms with Crippen LogP contribution in [-0.4, -0.2) is 37.5 Å². The van der Waals surface area contributed by atoms with Crippen LogP contribution >= 0.6 is 11.6 Å². The van der Waals surface area contributed by atoms with Crippen LogP contribution in [0.5, 0.6) is 0 Å². The van der Waals surface area contributed by atoms with E-state index in [1.54, 1.807) is 13.3 Å². The number of guanidine groups is 1. The van der Waals surface area contributed by atoms with E-state index < -0.39 is 0 Å². The van der Waals surface area contributed by atoms with Gasteiger partial charge in [-0.25, -0.2) is 0 Å². The van der Waals surface area contributed by atoms with Crippen molar-refractivity contribution in [3.05, 3.63) is 59.0 Å². The van der Waals surface area contributed by atoms with Gasteiger partial charge < -0.3 is 15.1 Å². The second kappa shape index (κ2) is 8.92. The van der Waals surface area contributed by atoms with E-state index in [9.17, 15) is 0 Å². The summed E-state index contributed by atoms with van der Waals surface area (Å²) < 4.78 is 5.66. The van der Waals surface area contributed by atoms with Crippen molar-refractivity contribution in [2.24, 2.45) is 4.99 Å². The Hall–Kier alpha value is -1.98. The van der Waals surface area contributed by atoms with Gasteiger partial charge in [0.2, 0.25) is 0 Å². The molecular weight excluding hydrogens is 336 g/mol. The lowest BCUT2D eigenvalue weighted by atomic mass is 10.2. The third-order valence-corrected chi connectivity index (χ3v) is 4.91. The van der Waals surface area contributed by atoms with Gasteiger partial charge in [0.1, 0.15) is 5.76 Å². The molecule has 1 aromatic heterocycles. The lowest BCUT2D eigenvalue weighted by Gasteiger charge is -2.26. The van der Waals surface area contributed by atoms with Crippen LogP contribution in [0.2, 0.25) is 5.02 Å². The summed E-state index contributed by atoms with van der Waals surface area (Å²) in [6, 6.07) is 12.0. The lowest BCUT2D eigenvalue weighted by Crippen LogP contribution is -2.42. The van der Waals surface area contributed by atoms with Crippen molar-refractivity contribution >= 4 is 17.6 Å². The Bertz CT molecular complexity index is 680. The fourth-order valence-electron chi connectivity index (χ4n) is 3.18. The van der Waals surface area contributed by atoms with Gasteiger partial charge >= 0.3 is 0 Å². The van der Waals surface area contributed by atoms with Gasteiger partial charge in [0.15, 0.2) is 5.96 Å². The second-order valence-electron chi connectivity index (χ2n) is 6.17. The zero-order valence-corrected chi connectivity index (χ0v) is 15.3. The Balaban J connectivity index is 1.58. The Morgan fingerprint density at radius 1 is 1.20 bits per heavy atom. The van der Waals surface area contributed by atoms with Crippen LogP contribution in [0.25, 0.3) is 0 Å². The first kappa shape index (κ1) is 17.8. The van der Waals surface area contributed by atoms with Crippen molar-refractivity contribution in [1.29, 1.82) is 0 Å². The van der Waals surface area contributed by atoms with Crippen molar-refractivity contribution in [2.75, 3.05) is 26.7 Å². The van der Waals surface area contributed by atoms with E-state index >= 15 is 0 Å². The highest BCUT2D eigenvalue weighted by Crippen LogP contribution is 2.24. The van der Waals surface area contributed by atoms with Gasteiger partial charge in [-0.15, -0.1) is 0 Å². The number of hydrogen-bond donors (Lipinski definition) is 2. The number of furan rings is 1. The first-order valence-electron chi connectivity index (χ1n) is 8.73. The van der Waals surface area contributed by atoms with Gasteiger partial charge in [-0.1, -0.05) is 29.8 Å². The van der Waals surface area contributed by atoms with Crippen molar-refractivity contribution < 1.29 is 4.42 Å². The molecule has 1 aliphatic rings. The summed E-state index contributed by atoms with van der Waals surface area (Å²) >= 11 is 6.21. The van der Waals surface area contributed by atoms with Gasteiger partial charge in [-0.05, 0) is 49.7 Å². The molecule has 1 aliphatic heterocycles. The van der Waals surface area contributed by atoms with Crippen LogP contribution < -0.4 is 10.6 Å². The van der Waals surface area contributed by atoms with Gasteiger partial charge in [-0.2, -0.15) is 0 Å². The molecule has 1 unspecified atom stereocenters. The number of nitrogens with zero attached hydrogens (tertiary/aromatic N) is 2. The normalized spacial score (nSPS) is 16.8. The van der Waals surface area contributed by atoms with Crippen LogP contribution in [-0.2, 0) is 6.54 Å². The van der Waals surface area contributed by atoms with Crippen LogP contribution in [0, 0.1) is 0 Å². The molecule has 0 spiro atoms. The van der Waals surface area contributed by atoms with E-state index in [-0.39, 0.29) is 6.04 Å². The number of likely N-dealkylation sites (tertiary alicyclic amines) is 1. The zero-order valence-electron chi connectivity index (χ0n) is 14.5. The molecule has 2 aromatic rings. The summed E-state index contributed by atoms with van der Waals surface area (Å²) in [6.07, 6.45) is 4.23. The molecule has 25 heavy (non-hydrogen) atoms. The van der Waals surface area contributed by atoms with E-state index in [1.165, 1.54) is 12.8 Å². The van der Waals surface area contributed by atoms with E-state index in [2.05, 4.69) is 20.5 Å². The minimum atomic E-state index is 0.219. The number of halogens is 1. The number of nitrogens with one attached hydrogen (secondary N) is 2. The molecule has 0 aliphatic carbocycles. The van der Waals surface area contributed by atoms with Crippen molar-refractivity contribution in [1.82, 2.24) is 15.5 Å². The summed E-state index contributed by atoms with van der Waals surface area (Å²) in [7, 11) is 1.78. The molecule has 1 aromatic carbocycles. The fourth-order valence-corrected chi connectivity index (χ4v) is 3.38. The summed E-state index contributed by atoms with van der Waals surface area (Å²) in [5, 5.41) is 7.50. The standard InChI is InChI=1S/C19H25ClN4O/c1-21-19(22-13-15-7-2-3-8-16(15)20)23-14-17(18-9-6-12-25-18)24-10-4-5-11-24/h2-3,6-9,12,17H,4-5,10-11,13-14H2,1H3,(H2,21,22,23). The molecule has 5 nitrogen and oxygen atoms in total. The predicted molar refractivity (Wildman–Crippen MR) is 102 cm³/mol. The molecule has 2 heterocycles. The maximum absolute atomic E-state index is 6.21. The third-order valence-electron chi connectivity index (χ3n) is 4.54. The number of benzene rings is 1. The number of aliphatic imine (C=N–C) groups is 1. The maximum atomic E-state index is 6.21. The van der Waals surface area contributed by atoms with Crippen molar-refractivity contribution in [2.45, 2.75) is 25.4 Å². The SMILES string of the molecule is CN=C(NCc1ccccc1Cl)NCC(c1ccco1)N1CCCC1. The van der Waals surface area contributed by atoms with Crippen molar-refractivity contribution in [3.8, 4) is 0 Å². The molecule has 6 heteroatoms. The Morgan fingerprint density at radius 2 is 2.00 bits per heavy atom. The highest BCUT2D eigenvalue weighted by molar-refractivity contribution is 6.31. The van der Waals surface area contributed by atoms with Gasteiger partial charge in [0.05, 0.1) is 12.3 Å². The Kier molecular flexibility index (Phi) is 6.36. The van der Waals surface area contributed by atoms with Crippen LogP contribution in [0.15, 0.2) is 52.1 Å². The molecular formula is C19H25ClN4O. The topological polar surface area (TPSA) is 52.8 Å². The molecule has 134 valence electrons. The minimum Gasteiger partial charge on any atom is -0.468 e. The summed E-state index contributed by atoms with van der Waals surface area (Å²) in [5.74, 6) is 1.76. The van der Waals surface area contributed by atoms with E-state index in [0.717, 1.165) is 41.9 Å². The molecule has 1 fully saturated rings. The molecule has 1 atom stereocenters. The minimum absolute atomic E-state index is 0.219. The Morgan fingerprint density at radius 3 is 2.68 bits per heavy atom. The van der Waals surface area contributed by atoms with Crippen molar-refractivity contribution in [3.63, 3.8) is 0 Å². The molecule has 0 saturated carbocycles. The maximum Gasteiger partial charge on any atom is 0.191 e. The number of rotatable bonds is 6. The predicted octanol–water partition coefficient (Wildman–Crippen LogP) is 3.44. The summed E-state index contributed by atoms with van der Waals surface area (Å²) in [6.45, 7) is 3.60. The summed E-state index contributed by atoms with van der Waals surface area (Å²) in [5.41, 5.74) is 1.05. The highest BCUT2D eigenvalue weighted by atomic mass is 35.5. The molecule has 2 N–H and O–H groups in total. The largest absolute Gasteiger partial charge is 0.468 e. The molecule has 0 radical (unpaired) electrons. The number of hydrogen-bond acceptors (Lipinski definition) is 3. The van der Waals surface area contributed by atoms with E-state index in [4.69, 9.17) is 16.0 Å². The smallest absolute Gasteiger partial charge is 0.191 e.